The molecule has 0 radical (unpaired) electrons. The lowest BCUT2D eigenvalue weighted by Gasteiger charge is -2.41. The average molecular weight is 336 g/mol. The van der Waals surface area contributed by atoms with Crippen molar-refractivity contribution in [1.82, 2.24) is 20.0 Å². The summed E-state index contributed by atoms with van der Waals surface area (Å²) in [5.74, 6) is 0.0601. The maximum absolute atomic E-state index is 12.5. The van der Waals surface area contributed by atoms with Crippen LogP contribution in [0.3, 0.4) is 0 Å². The van der Waals surface area contributed by atoms with E-state index in [4.69, 9.17) is 0 Å². The highest BCUT2D eigenvalue weighted by molar-refractivity contribution is 5.78. The predicted octanol–water partition coefficient (Wildman–Crippen LogP) is 0.885. The Balaban J connectivity index is 1.82. The monoisotopic (exact) mass is 336 g/mol. The predicted molar refractivity (Wildman–Crippen MR) is 77.9 cm³/mol. The summed E-state index contributed by atoms with van der Waals surface area (Å²) in [7, 11) is 1.69. The van der Waals surface area contributed by atoms with E-state index in [1.807, 2.05) is 0 Å². The summed E-state index contributed by atoms with van der Waals surface area (Å²) < 4.78 is 37.4. The van der Waals surface area contributed by atoms with Crippen molar-refractivity contribution in [2.24, 2.45) is 0 Å². The molecule has 132 valence electrons. The highest BCUT2D eigenvalue weighted by Gasteiger charge is 2.36. The summed E-state index contributed by atoms with van der Waals surface area (Å²) in [6.07, 6.45) is -3.23. The van der Waals surface area contributed by atoms with Crippen LogP contribution >= 0.6 is 0 Å². The number of nitrogens with one attached hydrogen (secondary N) is 1. The lowest BCUT2D eigenvalue weighted by atomic mass is 10.1. The Morgan fingerprint density at radius 3 is 2.57 bits per heavy atom. The number of carbonyl (C=O) groups excluding carboxylic acids is 2. The number of urea groups is 1. The van der Waals surface area contributed by atoms with Gasteiger partial charge in [0.05, 0.1) is 6.54 Å². The number of alkyl halides is 3. The molecule has 2 aliphatic heterocycles. The molecule has 9 heteroatoms. The second-order valence-electron chi connectivity index (χ2n) is 6.34. The van der Waals surface area contributed by atoms with Gasteiger partial charge in [-0.2, -0.15) is 13.2 Å². The van der Waals surface area contributed by atoms with Gasteiger partial charge >= 0.3 is 12.2 Å². The molecule has 0 bridgehead atoms. The number of carbonyl (C=O) groups is 2. The van der Waals surface area contributed by atoms with Crippen molar-refractivity contribution in [1.29, 1.82) is 0 Å². The van der Waals surface area contributed by atoms with E-state index in [0.29, 0.717) is 19.4 Å². The standard InChI is InChI=1S/C14H23F3N4O2/c1-10-7-20(5-6-21(10)9-14(15,16)17)13(23)18-11-3-4-12(22)19(2)8-11/h10-11H,3-9H2,1-2H3,(H,18,23)/t10-,11-/m0/s1. The van der Waals surface area contributed by atoms with Crippen molar-refractivity contribution in [3.63, 3.8) is 0 Å². The van der Waals surface area contributed by atoms with Crippen molar-refractivity contribution in [2.45, 2.75) is 38.0 Å². The van der Waals surface area contributed by atoms with Crippen LogP contribution in [-0.2, 0) is 4.79 Å². The van der Waals surface area contributed by atoms with Crippen LogP contribution in [0.1, 0.15) is 19.8 Å². The molecule has 0 aromatic rings. The molecule has 3 amide bonds. The molecule has 0 spiro atoms. The first-order chi connectivity index (χ1) is 10.7. The normalized spacial score (nSPS) is 27.3. The number of likely N-dealkylation sites (tertiary alicyclic amines) is 1. The first-order valence-corrected chi connectivity index (χ1v) is 7.76. The van der Waals surface area contributed by atoms with Crippen LogP contribution in [0, 0.1) is 0 Å². The van der Waals surface area contributed by atoms with E-state index in [0.717, 1.165) is 0 Å². The Bertz CT molecular complexity index is 458. The lowest BCUT2D eigenvalue weighted by molar-refractivity contribution is -0.153. The largest absolute Gasteiger partial charge is 0.401 e. The fourth-order valence-corrected chi connectivity index (χ4v) is 3.04. The molecule has 0 unspecified atom stereocenters. The van der Waals surface area contributed by atoms with E-state index in [2.05, 4.69) is 5.32 Å². The first-order valence-electron chi connectivity index (χ1n) is 7.76. The van der Waals surface area contributed by atoms with Crippen molar-refractivity contribution in [3.8, 4) is 0 Å². The third-order valence-electron chi connectivity index (χ3n) is 4.39. The third-order valence-corrected chi connectivity index (χ3v) is 4.39. The van der Waals surface area contributed by atoms with Gasteiger partial charge in [-0.15, -0.1) is 0 Å². The Hall–Kier alpha value is -1.51. The van der Waals surface area contributed by atoms with Gasteiger partial charge in [0.1, 0.15) is 0 Å². The highest BCUT2D eigenvalue weighted by Crippen LogP contribution is 2.20. The minimum absolute atomic E-state index is 0.0601. The van der Waals surface area contributed by atoms with E-state index >= 15 is 0 Å². The van der Waals surface area contributed by atoms with Gasteiger partial charge in [-0.25, -0.2) is 4.79 Å². The highest BCUT2D eigenvalue weighted by atomic mass is 19.4. The average Bonchev–Trinajstić information content (AvgIpc) is 2.43. The minimum Gasteiger partial charge on any atom is -0.344 e. The number of likely N-dealkylation sites (N-methyl/N-ethyl adjacent to an activating group) is 1. The molecule has 2 atom stereocenters. The summed E-state index contributed by atoms with van der Waals surface area (Å²) in [4.78, 5) is 28.2. The van der Waals surface area contributed by atoms with Gasteiger partial charge in [-0.3, -0.25) is 9.69 Å². The number of rotatable bonds is 2. The van der Waals surface area contributed by atoms with E-state index in [1.54, 1.807) is 23.8 Å². The Morgan fingerprint density at radius 1 is 1.30 bits per heavy atom. The van der Waals surface area contributed by atoms with E-state index in [9.17, 15) is 22.8 Å². The maximum Gasteiger partial charge on any atom is 0.401 e. The Kier molecular flexibility index (Phi) is 5.38. The van der Waals surface area contributed by atoms with Crippen molar-refractivity contribution in [2.75, 3.05) is 39.8 Å². The molecule has 0 aromatic carbocycles. The van der Waals surface area contributed by atoms with Crippen LogP contribution in [0.5, 0.6) is 0 Å². The molecule has 6 nitrogen and oxygen atoms in total. The number of hydrogen-bond acceptors (Lipinski definition) is 3. The molecule has 2 saturated heterocycles. The second-order valence-corrected chi connectivity index (χ2v) is 6.34. The van der Waals surface area contributed by atoms with Crippen LogP contribution in [-0.4, -0.2) is 84.7 Å². The lowest BCUT2D eigenvalue weighted by Crippen LogP contribution is -2.59. The summed E-state index contributed by atoms with van der Waals surface area (Å²) in [5, 5.41) is 2.88. The number of halogens is 3. The van der Waals surface area contributed by atoms with Crippen LogP contribution in [0.15, 0.2) is 0 Å². The molecular weight excluding hydrogens is 313 g/mol. The van der Waals surface area contributed by atoms with Gasteiger partial charge in [0.25, 0.3) is 0 Å². The zero-order valence-electron chi connectivity index (χ0n) is 13.4. The van der Waals surface area contributed by atoms with Crippen LogP contribution in [0.4, 0.5) is 18.0 Å². The molecule has 2 aliphatic rings. The zero-order chi connectivity index (χ0) is 17.2. The molecule has 2 heterocycles. The quantitative estimate of drug-likeness (QED) is 0.815. The minimum atomic E-state index is -4.22. The Morgan fingerprint density at radius 2 is 2.00 bits per heavy atom. The number of piperidine rings is 1. The van der Waals surface area contributed by atoms with Crippen molar-refractivity contribution < 1.29 is 22.8 Å². The second kappa shape index (κ2) is 6.94. The maximum atomic E-state index is 12.5. The third kappa shape index (κ3) is 4.98. The molecule has 0 aliphatic carbocycles. The van der Waals surface area contributed by atoms with Crippen LogP contribution < -0.4 is 5.32 Å². The number of nitrogens with zero attached hydrogens (tertiary/aromatic N) is 3. The molecule has 1 N–H and O–H groups in total. The molecule has 23 heavy (non-hydrogen) atoms. The molecule has 0 saturated carbocycles. The van der Waals surface area contributed by atoms with Gasteiger partial charge in [-0.1, -0.05) is 0 Å². The molecule has 2 fully saturated rings. The van der Waals surface area contributed by atoms with Gasteiger partial charge in [0.2, 0.25) is 5.91 Å². The van der Waals surface area contributed by atoms with E-state index < -0.39 is 12.7 Å². The summed E-state index contributed by atoms with van der Waals surface area (Å²) in [5.41, 5.74) is 0. The fourth-order valence-electron chi connectivity index (χ4n) is 3.04. The van der Waals surface area contributed by atoms with E-state index in [-0.39, 0.29) is 43.7 Å². The SMILES string of the molecule is C[C@H]1CN(C(=O)N[C@H]2CCC(=O)N(C)C2)CCN1CC(F)(F)F. The van der Waals surface area contributed by atoms with Gasteiger partial charge in [0.15, 0.2) is 0 Å². The van der Waals surface area contributed by atoms with Crippen molar-refractivity contribution in [3.05, 3.63) is 0 Å². The van der Waals surface area contributed by atoms with Crippen LogP contribution in [0.25, 0.3) is 0 Å². The number of piperazine rings is 1. The zero-order valence-corrected chi connectivity index (χ0v) is 13.4. The summed E-state index contributed by atoms with van der Waals surface area (Å²) in [6, 6.07) is -0.711. The molecule has 0 aromatic heterocycles. The first kappa shape index (κ1) is 17.8. The van der Waals surface area contributed by atoms with Crippen molar-refractivity contribution >= 4 is 11.9 Å². The topological polar surface area (TPSA) is 55.9 Å². The smallest absolute Gasteiger partial charge is 0.344 e. The molecule has 2 rings (SSSR count). The number of amides is 3. The van der Waals surface area contributed by atoms with Gasteiger partial charge in [-0.05, 0) is 13.3 Å². The van der Waals surface area contributed by atoms with Gasteiger partial charge < -0.3 is 15.1 Å². The van der Waals surface area contributed by atoms with Crippen LogP contribution in [0.2, 0.25) is 0 Å². The Labute approximate surface area is 133 Å². The summed E-state index contributed by atoms with van der Waals surface area (Å²) >= 11 is 0. The van der Waals surface area contributed by atoms with E-state index in [1.165, 1.54) is 4.90 Å². The van der Waals surface area contributed by atoms with Gasteiger partial charge in [0, 0.05) is 51.7 Å². The fraction of sp³-hybridized carbons (Fsp3) is 0.857. The molecular formula is C14H23F3N4O2. The number of hydrogen-bond donors (Lipinski definition) is 1. The summed E-state index contributed by atoms with van der Waals surface area (Å²) in [6.45, 7) is 1.96.